The van der Waals surface area contributed by atoms with Crippen LogP contribution in [0, 0.1) is 24.4 Å². The largest absolute Gasteiger partial charge is 0.444 e. The predicted molar refractivity (Wildman–Crippen MR) is 132 cm³/mol. The van der Waals surface area contributed by atoms with E-state index in [1.807, 2.05) is 0 Å². The first-order chi connectivity index (χ1) is 17.4. The van der Waals surface area contributed by atoms with Gasteiger partial charge in [-0.3, -0.25) is 4.79 Å². The minimum absolute atomic E-state index is 0.00276. The van der Waals surface area contributed by atoms with Crippen LogP contribution in [0.25, 0.3) is 5.69 Å². The van der Waals surface area contributed by atoms with Gasteiger partial charge in [0.05, 0.1) is 17.5 Å². The molecule has 0 aliphatic carbocycles. The topological polar surface area (TPSA) is 76.5 Å². The Morgan fingerprint density at radius 2 is 1.68 bits per heavy atom. The zero-order valence-corrected chi connectivity index (χ0v) is 21.1. The van der Waals surface area contributed by atoms with Gasteiger partial charge in [-0.15, -0.1) is 0 Å². The Bertz CT molecular complexity index is 1320. The normalized spacial score (nSPS) is 14.5. The molecule has 10 heteroatoms. The summed E-state index contributed by atoms with van der Waals surface area (Å²) < 4.78 is 48.6. The van der Waals surface area contributed by atoms with Crippen LogP contribution >= 0.6 is 0 Å². The van der Waals surface area contributed by atoms with Gasteiger partial charge in [-0.1, -0.05) is 0 Å². The number of anilines is 1. The molecule has 37 heavy (non-hydrogen) atoms. The third kappa shape index (κ3) is 5.95. The van der Waals surface area contributed by atoms with Gasteiger partial charge in [-0.2, -0.15) is 5.10 Å². The van der Waals surface area contributed by atoms with Crippen molar-refractivity contribution < 1.29 is 27.5 Å². The van der Waals surface area contributed by atoms with Crippen molar-refractivity contribution in [2.45, 2.75) is 52.1 Å². The SMILES string of the molecule is Cc1cc(F)ccc1NC(=O)c1cnn(-c2ccc(F)cc2F)c1C1CCN(C(=O)OC(C)(C)C)CC1. The number of benzene rings is 2. The van der Waals surface area contributed by atoms with Crippen LogP contribution in [0.2, 0.25) is 0 Å². The maximum atomic E-state index is 14.8. The molecular formula is C27H29F3N4O3. The molecule has 196 valence electrons. The van der Waals surface area contributed by atoms with Gasteiger partial charge in [0.2, 0.25) is 0 Å². The van der Waals surface area contributed by atoms with Crippen molar-refractivity contribution in [2.75, 3.05) is 18.4 Å². The monoisotopic (exact) mass is 514 g/mol. The van der Waals surface area contributed by atoms with Gasteiger partial charge in [-0.25, -0.2) is 22.6 Å². The zero-order chi connectivity index (χ0) is 26.9. The summed E-state index contributed by atoms with van der Waals surface area (Å²) in [7, 11) is 0. The smallest absolute Gasteiger partial charge is 0.410 e. The molecular weight excluding hydrogens is 485 g/mol. The summed E-state index contributed by atoms with van der Waals surface area (Å²) in [5, 5.41) is 7.06. The molecule has 1 N–H and O–H groups in total. The van der Waals surface area contributed by atoms with Gasteiger partial charge < -0.3 is 15.0 Å². The number of rotatable bonds is 4. The molecule has 7 nitrogen and oxygen atoms in total. The van der Waals surface area contributed by atoms with Crippen LogP contribution in [-0.2, 0) is 4.74 Å². The Hall–Kier alpha value is -3.82. The minimum Gasteiger partial charge on any atom is -0.444 e. The Kier molecular flexibility index (Phi) is 7.29. The van der Waals surface area contributed by atoms with E-state index in [4.69, 9.17) is 4.74 Å². The van der Waals surface area contributed by atoms with Crippen molar-refractivity contribution in [3.05, 3.63) is 76.9 Å². The van der Waals surface area contributed by atoms with Crippen molar-refractivity contribution in [3.8, 4) is 5.69 Å². The Labute approximate surface area is 213 Å². The summed E-state index contributed by atoms with van der Waals surface area (Å²) >= 11 is 0. The van der Waals surface area contributed by atoms with Gasteiger partial charge in [0.15, 0.2) is 5.82 Å². The molecule has 1 saturated heterocycles. The van der Waals surface area contributed by atoms with Gasteiger partial charge in [0, 0.05) is 30.8 Å². The summed E-state index contributed by atoms with van der Waals surface area (Å²) in [6, 6.07) is 7.16. The molecule has 2 aromatic carbocycles. The van der Waals surface area contributed by atoms with Gasteiger partial charge >= 0.3 is 6.09 Å². The molecule has 2 amide bonds. The van der Waals surface area contributed by atoms with Crippen LogP contribution < -0.4 is 5.32 Å². The molecule has 0 radical (unpaired) electrons. The van der Waals surface area contributed by atoms with E-state index >= 15 is 0 Å². The third-order valence-electron chi connectivity index (χ3n) is 6.16. The van der Waals surface area contributed by atoms with Crippen LogP contribution in [0.15, 0.2) is 42.6 Å². The molecule has 1 fully saturated rings. The van der Waals surface area contributed by atoms with E-state index in [2.05, 4.69) is 10.4 Å². The molecule has 0 bridgehead atoms. The van der Waals surface area contributed by atoms with Crippen molar-refractivity contribution >= 4 is 17.7 Å². The summed E-state index contributed by atoms with van der Waals surface area (Å²) in [6.45, 7) is 7.79. The van der Waals surface area contributed by atoms with Gasteiger partial charge in [-0.05, 0) is 76.4 Å². The van der Waals surface area contributed by atoms with Crippen LogP contribution in [0.1, 0.15) is 61.1 Å². The first kappa shape index (κ1) is 26.2. The molecule has 1 aromatic heterocycles. The molecule has 1 aliphatic rings. The second kappa shape index (κ2) is 10.3. The number of carbonyl (C=O) groups excluding carboxylic acids is 2. The number of likely N-dealkylation sites (tertiary alicyclic amines) is 1. The predicted octanol–water partition coefficient (Wildman–Crippen LogP) is 5.96. The molecule has 0 saturated carbocycles. The van der Waals surface area contributed by atoms with Crippen LogP contribution in [0.5, 0.6) is 0 Å². The minimum atomic E-state index is -0.822. The summed E-state index contributed by atoms with van der Waals surface area (Å²) in [5.41, 5.74) is 1.00. The summed E-state index contributed by atoms with van der Waals surface area (Å²) in [5.74, 6) is -2.72. The van der Waals surface area contributed by atoms with Gasteiger partial charge in [0.25, 0.3) is 5.91 Å². The second-order valence-corrected chi connectivity index (χ2v) is 10.1. The molecule has 1 aliphatic heterocycles. The highest BCUT2D eigenvalue weighted by Crippen LogP contribution is 2.34. The Morgan fingerprint density at radius 1 is 1.03 bits per heavy atom. The number of aromatic nitrogens is 2. The number of hydrogen-bond donors (Lipinski definition) is 1. The number of halogens is 3. The molecule has 2 heterocycles. The quantitative estimate of drug-likeness (QED) is 0.466. The average Bonchev–Trinajstić information content (AvgIpc) is 3.25. The molecule has 0 spiro atoms. The maximum absolute atomic E-state index is 14.8. The van der Waals surface area contributed by atoms with E-state index in [9.17, 15) is 22.8 Å². The van der Waals surface area contributed by atoms with E-state index in [1.54, 1.807) is 32.6 Å². The number of amides is 2. The van der Waals surface area contributed by atoms with Crippen molar-refractivity contribution in [1.82, 2.24) is 14.7 Å². The fourth-order valence-corrected chi connectivity index (χ4v) is 4.39. The van der Waals surface area contributed by atoms with Gasteiger partial charge in [0.1, 0.15) is 22.9 Å². The van der Waals surface area contributed by atoms with Crippen LogP contribution in [-0.4, -0.2) is 45.4 Å². The Morgan fingerprint density at radius 3 is 2.30 bits per heavy atom. The number of piperidine rings is 1. The highest BCUT2D eigenvalue weighted by atomic mass is 19.1. The molecule has 0 atom stereocenters. The molecule has 4 rings (SSSR count). The third-order valence-corrected chi connectivity index (χ3v) is 6.16. The number of nitrogens with zero attached hydrogens (tertiary/aromatic N) is 3. The van der Waals surface area contributed by atoms with Crippen molar-refractivity contribution in [2.24, 2.45) is 0 Å². The van der Waals surface area contributed by atoms with E-state index in [0.717, 1.165) is 12.1 Å². The fraction of sp³-hybridized carbons (Fsp3) is 0.370. The standard InChI is InChI=1S/C27H29F3N4O3/c1-16-13-18(28)5-7-22(16)32-25(35)20-15-31-34(23-8-6-19(29)14-21(23)30)24(20)17-9-11-33(12-10-17)26(36)37-27(2,3)4/h5-8,13-15,17H,9-12H2,1-4H3,(H,32,35). The lowest BCUT2D eigenvalue weighted by Crippen LogP contribution is -2.41. The highest BCUT2D eigenvalue weighted by Gasteiger charge is 2.32. The van der Waals surface area contributed by atoms with E-state index < -0.39 is 35.1 Å². The first-order valence-corrected chi connectivity index (χ1v) is 12.0. The lowest BCUT2D eigenvalue weighted by Gasteiger charge is -2.34. The lowest BCUT2D eigenvalue weighted by molar-refractivity contribution is 0.0203. The first-order valence-electron chi connectivity index (χ1n) is 12.0. The molecule has 0 unspecified atom stereocenters. The zero-order valence-electron chi connectivity index (χ0n) is 21.1. The van der Waals surface area contributed by atoms with E-state index in [1.165, 1.54) is 35.1 Å². The number of ether oxygens (including phenoxy) is 1. The maximum Gasteiger partial charge on any atom is 0.410 e. The van der Waals surface area contributed by atoms with E-state index in [-0.39, 0.29) is 17.2 Å². The fourth-order valence-electron chi connectivity index (χ4n) is 4.39. The number of hydrogen-bond acceptors (Lipinski definition) is 4. The number of aryl methyl sites for hydroxylation is 1. The second-order valence-electron chi connectivity index (χ2n) is 10.1. The average molecular weight is 515 g/mol. The van der Waals surface area contributed by atoms with Crippen LogP contribution in [0.4, 0.5) is 23.7 Å². The summed E-state index contributed by atoms with van der Waals surface area (Å²) in [4.78, 5) is 27.4. The molecule has 3 aromatic rings. The number of carbonyl (C=O) groups is 2. The lowest BCUT2D eigenvalue weighted by atomic mass is 9.90. The van der Waals surface area contributed by atoms with Crippen molar-refractivity contribution in [1.29, 1.82) is 0 Å². The highest BCUT2D eigenvalue weighted by molar-refractivity contribution is 6.05. The van der Waals surface area contributed by atoms with Crippen LogP contribution in [0.3, 0.4) is 0 Å². The van der Waals surface area contributed by atoms with E-state index in [0.29, 0.717) is 42.9 Å². The Balaban J connectivity index is 1.66. The number of nitrogens with one attached hydrogen (secondary N) is 1. The summed E-state index contributed by atoms with van der Waals surface area (Å²) in [6.07, 6.45) is 1.87. The van der Waals surface area contributed by atoms with Crippen molar-refractivity contribution in [3.63, 3.8) is 0 Å².